The highest BCUT2D eigenvalue weighted by atomic mass is 35.5. The molecule has 2 amide bonds. The second-order valence-electron chi connectivity index (χ2n) is 6.42. The summed E-state index contributed by atoms with van der Waals surface area (Å²) in [4.78, 5) is 28.2. The van der Waals surface area contributed by atoms with Gasteiger partial charge in [-0.2, -0.15) is 0 Å². The lowest BCUT2D eigenvalue weighted by atomic mass is 9.90. The second-order valence-corrected chi connectivity index (χ2v) is 6.85. The van der Waals surface area contributed by atoms with Crippen LogP contribution in [-0.2, 0) is 9.59 Å². The van der Waals surface area contributed by atoms with E-state index in [1.807, 2.05) is 49.4 Å². The minimum absolute atomic E-state index is 0.0105. The molecule has 4 nitrogen and oxygen atoms in total. The molecule has 0 aliphatic carbocycles. The fourth-order valence-corrected chi connectivity index (χ4v) is 3.88. The van der Waals surface area contributed by atoms with Crippen LogP contribution in [0.4, 0.5) is 11.4 Å². The molecule has 0 radical (unpaired) electrons. The van der Waals surface area contributed by atoms with Gasteiger partial charge in [-0.15, -0.1) is 0 Å². The molecule has 130 valence electrons. The summed E-state index contributed by atoms with van der Waals surface area (Å²) in [6.07, 6.45) is 0.654. The van der Waals surface area contributed by atoms with Crippen molar-refractivity contribution in [2.24, 2.45) is 0 Å². The predicted octanol–water partition coefficient (Wildman–Crippen LogP) is 4.58. The van der Waals surface area contributed by atoms with Gasteiger partial charge in [0.2, 0.25) is 11.8 Å². The van der Waals surface area contributed by atoms with Crippen molar-refractivity contribution in [1.82, 2.24) is 0 Å². The number of hydrogen-bond acceptors (Lipinski definition) is 2. The first-order valence-corrected chi connectivity index (χ1v) is 8.72. The molecule has 0 saturated heterocycles. The molecule has 0 bridgehead atoms. The second kappa shape index (κ2) is 6.89. The third-order valence-corrected chi connectivity index (χ3v) is 4.87. The summed E-state index contributed by atoms with van der Waals surface area (Å²) >= 11 is 6.23. The topological polar surface area (TPSA) is 40.6 Å². The van der Waals surface area contributed by atoms with E-state index in [-0.39, 0.29) is 23.9 Å². The lowest BCUT2D eigenvalue weighted by Gasteiger charge is -2.43. The van der Waals surface area contributed by atoms with Gasteiger partial charge in [0.25, 0.3) is 0 Å². The summed E-state index contributed by atoms with van der Waals surface area (Å²) in [5, 5.41) is 0.596. The third kappa shape index (κ3) is 3.27. The molecular weight excluding hydrogens is 336 g/mol. The largest absolute Gasteiger partial charge is 0.309 e. The van der Waals surface area contributed by atoms with E-state index < -0.39 is 0 Å². The van der Waals surface area contributed by atoms with Crippen molar-refractivity contribution in [3.05, 3.63) is 59.1 Å². The van der Waals surface area contributed by atoms with E-state index in [4.69, 9.17) is 11.6 Å². The summed E-state index contributed by atoms with van der Waals surface area (Å²) in [6.45, 7) is 5.14. The number of amides is 2. The van der Waals surface area contributed by atoms with Gasteiger partial charge >= 0.3 is 0 Å². The van der Waals surface area contributed by atoms with Crippen LogP contribution in [0.3, 0.4) is 0 Å². The molecule has 2 aromatic carbocycles. The maximum absolute atomic E-state index is 12.5. The zero-order valence-corrected chi connectivity index (χ0v) is 15.3. The number of nitrogens with zero attached hydrogens (tertiary/aromatic N) is 2. The Morgan fingerprint density at radius 1 is 1.12 bits per heavy atom. The number of hydrogen-bond donors (Lipinski definition) is 0. The summed E-state index contributed by atoms with van der Waals surface area (Å²) in [5.74, 6) is -0.0470. The van der Waals surface area contributed by atoms with Crippen LogP contribution in [0, 0.1) is 0 Å². The van der Waals surface area contributed by atoms with E-state index in [0.717, 1.165) is 16.9 Å². The van der Waals surface area contributed by atoms with Crippen LogP contribution < -0.4 is 9.80 Å². The van der Waals surface area contributed by atoms with Crippen molar-refractivity contribution >= 4 is 34.8 Å². The number of benzene rings is 2. The first-order chi connectivity index (χ1) is 11.9. The number of carbonyl (C=O) groups is 2. The lowest BCUT2D eigenvalue weighted by Crippen LogP contribution is -2.46. The van der Waals surface area contributed by atoms with Crippen LogP contribution in [0.25, 0.3) is 0 Å². The molecule has 2 atom stereocenters. The fourth-order valence-electron chi connectivity index (χ4n) is 3.70. The highest BCUT2D eigenvalue weighted by molar-refractivity contribution is 6.30. The van der Waals surface area contributed by atoms with Crippen molar-refractivity contribution in [2.75, 3.05) is 9.80 Å². The standard InChI is InChI=1S/C20H21ClN2O2/c1-13-11-20(23(15(3)25)17-7-5-4-6-8-17)18-12-16(21)9-10-19(18)22(13)14(2)24/h4-10,12-13,20H,11H2,1-3H3/t13-,20+/m0/s1. The summed E-state index contributed by atoms with van der Waals surface area (Å²) in [7, 11) is 0. The average Bonchev–Trinajstić information content (AvgIpc) is 2.55. The molecule has 3 rings (SSSR count). The van der Waals surface area contributed by atoms with Gasteiger partial charge in [0.1, 0.15) is 0 Å². The van der Waals surface area contributed by atoms with Crippen LogP contribution in [0.1, 0.15) is 38.8 Å². The van der Waals surface area contributed by atoms with Crippen molar-refractivity contribution in [2.45, 2.75) is 39.3 Å². The first-order valence-electron chi connectivity index (χ1n) is 8.34. The number of para-hydroxylation sites is 1. The molecule has 5 heteroatoms. The van der Waals surface area contributed by atoms with E-state index in [1.165, 1.54) is 0 Å². The quantitative estimate of drug-likeness (QED) is 0.790. The molecule has 0 spiro atoms. The van der Waals surface area contributed by atoms with Crippen molar-refractivity contribution < 1.29 is 9.59 Å². The van der Waals surface area contributed by atoms with Gasteiger partial charge in [0, 0.05) is 41.9 Å². The van der Waals surface area contributed by atoms with E-state index >= 15 is 0 Å². The molecular formula is C20H21ClN2O2. The Morgan fingerprint density at radius 2 is 1.80 bits per heavy atom. The van der Waals surface area contributed by atoms with Gasteiger partial charge in [-0.1, -0.05) is 29.8 Å². The van der Waals surface area contributed by atoms with Gasteiger partial charge in [0.05, 0.1) is 6.04 Å². The fraction of sp³-hybridized carbons (Fsp3) is 0.300. The Morgan fingerprint density at radius 3 is 2.40 bits per heavy atom. The molecule has 0 fully saturated rings. The van der Waals surface area contributed by atoms with E-state index in [1.54, 1.807) is 29.7 Å². The normalized spacial score (nSPS) is 19.3. The molecule has 25 heavy (non-hydrogen) atoms. The van der Waals surface area contributed by atoms with E-state index in [2.05, 4.69) is 0 Å². The van der Waals surface area contributed by atoms with Gasteiger partial charge in [-0.25, -0.2) is 0 Å². The zero-order valence-electron chi connectivity index (χ0n) is 14.6. The SMILES string of the molecule is CC(=O)N(c1ccccc1)[C@@H]1C[C@H](C)N(C(C)=O)c2ccc(Cl)cc21. The molecule has 0 saturated carbocycles. The number of carbonyl (C=O) groups excluding carboxylic acids is 2. The molecule has 1 aliphatic rings. The Balaban J connectivity index is 2.15. The number of rotatable bonds is 2. The number of anilines is 2. The molecule has 0 aromatic heterocycles. The van der Waals surface area contributed by atoms with Gasteiger partial charge in [-0.05, 0) is 43.7 Å². The van der Waals surface area contributed by atoms with Crippen LogP contribution in [0.2, 0.25) is 5.02 Å². The molecule has 0 N–H and O–H groups in total. The van der Waals surface area contributed by atoms with Crippen LogP contribution in [0.5, 0.6) is 0 Å². The first kappa shape index (κ1) is 17.5. The van der Waals surface area contributed by atoms with Crippen molar-refractivity contribution in [3.63, 3.8) is 0 Å². The molecule has 1 heterocycles. The van der Waals surface area contributed by atoms with Crippen LogP contribution in [-0.4, -0.2) is 17.9 Å². The van der Waals surface area contributed by atoms with Crippen molar-refractivity contribution in [3.8, 4) is 0 Å². The Labute approximate surface area is 153 Å². The van der Waals surface area contributed by atoms with E-state index in [9.17, 15) is 9.59 Å². The average molecular weight is 357 g/mol. The smallest absolute Gasteiger partial charge is 0.224 e. The van der Waals surface area contributed by atoms with Crippen LogP contribution >= 0.6 is 11.6 Å². The van der Waals surface area contributed by atoms with Gasteiger partial charge < -0.3 is 9.80 Å². The predicted molar refractivity (Wildman–Crippen MR) is 101 cm³/mol. The maximum Gasteiger partial charge on any atom is 0.224 e. The molecule has 0 unspecified atom stereocenters. The van der Waals surface area contributed by atoms with Crippen LogP contribution in [0.15, 0.2) is 48.5 Å². The Hall–Kier alpha value is -2.33. The lowest BCUT2D eigenvalue weighted by molar-refractivity contribution is -0.117. The number of halogens is 1. The minimum atomic E-state index is -0.167. The highest BCUT2D eigenvalue weighted by Crippen LogP contribution is 2.43. The molecule has 2 aromatic rings. The van der Waals surface area contributed by atoms with Gasteiger partial charge in [-0.3, -0.25) is 9.59 Å². The highest BCUT2D eigenvalue weighted by Gasteiger charge is 2.37. The van der Waals surface area contributed by atoms with Gasteiger partial charge in [0.15, 0.2) is 0 Å². The maximum atomic E-state index is 12.5. The minimum Gasteiger partial charge on any atom is -0.309 e. The summed E-state index contributed by atoms with van der Waals surface area (Å²) in [6, 6.07) is 14.9. The monoisotopic (exact) mass is 356 g/mol. The Bertz CT molecular complexity index is 807. The number of fused-ring (bicyclic) bond motifs is 1. The zero-order chi connectivity index (χ0) is 18.1. The van der Waals surface area contributed by atoms with Crippen molar-refractivity contribution in [1.29, 1.82) is 0 Å². The summed E-state index contributed by atoms with van der Waals surface area (Å²) in [5.41, 5.74) is 2.57. The van der Waals surface area contributed by atoms with E-state index in [0.29, 0.717) is 11.4 Å². The molecule has 1 aliphatic heterocycles. The Kier molecular flexibility index (Phi) is 4.82. The third-order valence-electron chi connectivity index (χ3n) is 4.64. The summed E-state index contributed by atoms with van der Waals surface area (Å²) < 4.78 is 0.